The molecular formula is C18H26F3N3O5S. The maximum absolute atomic E-state index is 11.3. The summed E-state index contributed by atoms with van der Waals surface area (Å²) in [7, 11) is -3.13. The molecule has 3 rings (SSSR count). The van der Waals surface area contributed by atoms with Crippen LogP contribution in [0.1, 0.15) is 24.8 Å². The molecule has 2 N–H and O–H groups in total. The van der Waals surface area contributed by atoms with E-state index in [1.807, 2.05) is 12.3 Å². The summed E-state index contributed by atoms with van der Waals surface area (Å²) in [6, 6.07) is 4.06. The van der Waals surface area contributed by atoms with E-state index in [1.165, 1.54) is 11.8 Å². The Bertz CT molecular complexity index is 807. The minimum absolute atomic E-state index is 0.0676. The van der Waals surface area contributed by atoms with Crippen molar-refractivity contribution in [2.75, 3.05) is 32.5 Å². The molecule has 2 saturated heterocycles. The minimum Gasteiger partial charge on any atom is -0.475 e. The smallest absolute Gasteiger partial charge is 0.475 e. The predicted molar refractivity (Wildman–Crippen MR) is 102 cm³/mol. The van der Waals surface area contributed by atoms with E-state index in [4.69, 9.17) is 14.6 Å². The van der Waals surface area contributed by atoms with Gasteiger partial charge in [-0.25, -0.2) is 17.9 Å². The normalized spacial score (nSPS) is 24.6. The molecule has 2 aliphatic rings. The number of nitrogens with one attached hydrogen (secondary N) is 1. The van der Waals surface area contributed by atoms with Crippen LogP contribution in [-0.4, -0.2) is 74.2 Å². The molecule has 1 aromatic heterocycles. The van der Waals surface area contributed by atoms with Crippen LogP contribution in [0.3, 0.4) is 0 Å². The van der Waals surface area contributed by atoms with Crippen molar-refractivity contribution < 1.29 is 36.2 Å². The summed E-state index contributed by atoms with van der Waals surface area (Å²) >= 11 is 0. The molecule has 2 fully saturated rings. The number of aliphatic carboxylic acids is 1. The van der Waals surface area contributed by atoms with Gasteiger partial charge in [0, 0.05) is 50.6 Å². The number of halogens is 3. The van der Waals surface area contributed by atoms with Crippen molar-refractivity contribution in [3.05, 3.63) is 30.1 Å². The number of aromatic nitrogens is 1. The molecule has 8 nitrogen and oxygen atoms in total. The number of rotatable bonds is 6. The summed E-state index contributed by atoms with van der Waals surface area (Å²) in [5.41, 5.74) is 1.28. The number of hydrogen-bond donors (Lipinski definition) is 2. The first-order valence-corrected chi connectivity index (χ1v) is 11.3. The Hall–Kier alpha value is -1.76. The van der Waals surface area contributed by atoms with Gasteiger partial charge in [-0.05, 0) is 30.9 Å². The quantitative estimate of drug-likeness (QED) is 0.674. The van der Waals surface area contributed by atoms with Crippen LogP contribution in [0.25, 0.3) is 0 Å². The van der Waals surface area contributed by atoms with Crippen molar-refractivity contribution in [3.63, 3.8) is 0 Å². The summed E-state index contributed by atoms with van der Waals surface area (Å²) in [4.78, 5) is 15.5. The number of alkyl halides is 3. The van der Waals surface area contributed by atoms with Gasteiger partial charge in [0.25, 0.3) is 0 Å². The highest BCUT2D eigenvalue weighted by atomic mass is 32.2. The summed E-state index contributed by atoms with van der Waals surface area (Å²) < 4.78 is 62.9. The van der Waals surface area contributed by atoms with Crippen LogP contribution < -0.4 is 4.72 Å². The second-order valence-electron chi connectivity index (χ2n) is 7.55. The summed E-state index contributed by atoms with van der Waals surface area (Å²) in [5, 5.41) is 7.12. The second-order valence-corrected chi connectivity index (χ2v) is 9.38. The number of nitrogens with zero attached hydrogens (tertiary/aromatic N) is 2. The van der Waals surface area contributed by atoms with Crippen LogP contribution >= 0.6 is 0 Å². The van der Waals surface area contributed by atoms with Crippen molar-refractivity contribution in [2.45, 2.75) is 38.1 Å². The predicted octanol–water partition coefficient (Wildman–Crippen LogP) is 1.64. The van der Waals surface area contributed by atoms with E-state index in [0.717, 1.165) is 45.5 Å². The number of carboxylic acids is 1. The number of carbonyl (C=O) groups is 1. The zero-order valence-electron chi connectivity index (χ0n) is 16.6. The Labute approximate surface area is 173 Å². The first kappa shape index (κ1) is 24.5. The fraction of sp³-hybridized carbons (Fsp3) is 0.667. The molecule has 3 heterocycles. The third kappa shape index (κ3) is 7.49. The Morgan fingerprint density at radius 2 is 2.17 bits per heavy atom. The zero-order valence-corrected chi connectivity index (χ0v) is 17.4. The SMILES string of the molecule is CS(=O)(=O)NCC[C@@]12CCO[C@@H]1CCN(Cc1cccnc1)C2.O=C(O)C(F)(F)F. The van der Waals surface area contributed by atoms with E-state index >= 15 is 0 Å². The Morgan fingerprint density at radius 3 is 2.73 bits per heavy atom. The van der Waals surface area contributed by atoms with Gasteiger partial charge in [-0.3, -0.25) is 9.88 Å². The van der Waals surface area contributed by atoms with Crippen molar-refractivity contribution >= 4 is 16.0 Å². The lowest BCUT2D eigenvalue weighted by Gasteiger charge is -2.44. The van der Waals surface area contributed by atoms with E-state index < -0.39 is 22.2 Å². The van der Waals surface area contributed by atoms with E-state index in [1.54, 1.807) is 6.20 Å². The van der Waals surface area contributed by atoms with Crippen molar-refractivity contribution in [3.8, 4) is 0 Å². The lowest BCUT2D eigenvalue weighted by molar-refractivity contribution is -0.192. The van der Waals surface area contributed by atoms with Gasteiger partial charge in [-0.15, -0.1) is 0 Å². The van der Waals surface area contributed by atoms with Crippen molar-refractivity contribution in [1.82, 2.24) is 14.6 Å². The summed E-state index contributed by atoms with van der Waals surface area (Å²) in [6.07, 6.45) is 2.94. The standard InChI is InChI=1S/C16H25N3O3S.C2HF3O2/c1-23(20,21)18-8-5-16-6-10-22-15(16)4-9-19(13-16)12-14-3-2-7-17-11-14;3-2(4,5)1(6)7/h2-3,7,11,15,18H,4-6,8-10,12-13H2,1H3;(H,6,7)/t15-,16+;/m1./s1. The first-order chi connectivity index (χ1) is 13.9. The molecule has 0 aliphatic carbocycles. The van der Waals surface area contributed by atoms with Crippen molar-refractivity contribution in [2.24, 2.45) is 5.41 Å². The Kier molecular flexibility index (Phi) is 8.20. The van der Waals surface area contributed by atoms with Crippen LogP contribution in [-0.2, 0) is 26.1 Å². The molecule has 0 spiro atoms. The van der Waals surface area contributed by atoms with Gasteiger partial charge in [0.05, 0.1) is 12.4 Å². The molecule has 0 unspecified atom stereocenters. The summed E-state index contributed by atoms with van der Waals surface area (Å²) in [5.74, 6) is -2.76. The van der Waals surface area contributed by atoms with Gasteiger partial charge in [0.1, 0.15) is 0 Å². The van der Waals surface area contributed by atoms with Gasteiger partial charge in [0.15, 0.2) is 0 Å². The van der Waals surface area contributed by atoms with Gasteiger partial charge >= 0.3 is 12.1 Å². The molecule has 30 heavy (non-hydrogen) atoms. The maximum atomic E-state index is 11.3. The molecule has 0 aromatic carbocycles. The number of piperidine rings is 1. The fourth-order valence-corrected chi connectivity index (χ4v) is 4.34. The van der Waals surface area contributed by atoms with Crippen LogP contribution in [0.4, 0.5) is 13.2 Å². The highest BCUT2D eigenvalue weighted by Gasteiger charge is 2.47. The highest BCUT2D eigenvalue weighted by Crippen LogP contribution is 2.43. The van der Waals surface area contributed by atoms with Crippen LogP contribution in [0, 0.1) is 5.41 Å². The fourth-order valence-electron chi connectivity index (χ4n) is 3.87. The molecule has 0 radical (unpaired) electrons. The van der Waals surface area contributed by atoms with E-state index in [2.05, 4.69) is 20.7 Å². The average molecular weight is 453 g/mol. The number of sulfonamides is 1. The molecule has 1 aromatic rings. The monoisotopic (exact) mass is 453 g/mol. The van der Waals surface area contributed by atoms with Crippen LogP contribution in [0.15, 0.2) is 24.5 Å². The molecule has 12 heteroatoms. The molecule has 170 valence electrons. The van der Waals surface area contributed by atoms with E-state index in [9.17, 15) is 21.6 Å². The van der Waals surface area contributed by atoms with Gasteiger partial charge in [-0.1, -0.05) is 6.07 Å². The van der Waals surface area contributed by atoms with Crippen LogP contribution in [0.5, 0.6) is 0 Å². The summed E-state index contributed by atoms with van der Waals surface area (Å²) in [6.45, 7) is 4.13. The maximum Gasteiger partial charge on any atom is 0.490 e. The lowest BCUT2D eigenvalue weighted by atomic mass is 9.74. The molecule has 0 amide bonds. The Morgan fingerprint density at radius 1 is 1.47 bits per heavy atom. The Balaban J connectivity index is 0.000000396. The number of fused-ring (bicyclic) bond motifs is 1. The van der Waals surface area contributed by atoms with Crippen LogP contribution in [0.2, 0.25) is 0 Å². The number of carboxylic acid groups (broad SMARTS) is 1. The van der Waals surface area contributed by atoms with Gasteiger partial charge < -0.3 is 9.84 Å². The molecule has 2 aliphatic heterocycles. The molecule has 2 atom stereocenters. The number of likely N-dealkylation sites (tertiary alicyclic amines) is 1. The van der Waals surface area contributed by atoms with E-state index in [-0.39, 0.29) is 11.5 Å². The third-order valence-electron chi connectivity index (χ3n) is 5.21. The third-order valence-corrected chi connectivity index (χ3v) is 5.94. The van der Waals surface area contributed by atoms with Crippen molar-refractivity contribution in [1.29, 1.82) is 0 Å². The minimum atomic E-state index is -5.08. The second kappa shape index (κ2) is 10.0. The molecule has 0 bridgehead atoms. The van der Waals surface area contributed by atoms with E-state index in [0.29, 0.717) is 6.54 Å². The molecule has 0 saturated carbocycles. The molecular weight excluding hydrogens is 427 g/mol. The highest BCUT2D eigenvalue weighted by molar-refractivity contribution is 7.88. The zero-order chi connectivity index (χ0) is 22.4. The van der Waals surface area contributed by atoms with Gasteiger partial charge in [-0.2, -0.15) is 13.2 Å². The first-order valence-electron chi connectivity index (χ1n) is 9.39. The number of ether oxygens (including phenoxy) is 1. The number of hydrogen-bond acceptors (Lipinski definition) is 6. The largest absolute Gasteiger partial charge is 0.490 e. The van der Waals surface area contributed by atoms with Gasteiger partial charge in [0.2, 0.25) is 10.0 Å². The number of pyridine rings is 1. The average Bonchev–Trinajstić information content (AvgIpc) is 3.04. The topological polar surface area (TPSA) is 109 Å². The lowest BCUT2D eigenvalue weighted by Crippen LogP contribution is -2.50.